The Morgan fingerprint density at radius 2 is 1.65 bits per heavy atom. The summed E-state index contributed by atoms with van der Waals surface area (Å²) in [5.74, 6) is -1.16. The van der Waals surface area contributed by atoms with E-state index in [2.05, 4.69) is 5.32 Å². The molecule has 0 fully saturated rings. The summed E-state index contributed by atoms with van der Waals surface area (Å²) in [6.45, 7) is 9.05. The van der Waals surface area contributed by atoms with Gasteiger partial charge in [0.15, 0.2) is 0 Å². The van der Waals surface area contributed by atoms with Gasteiger partial charge in [-0.15, -0.1) is 0 Å². The lowest BCUT2D eigenvalue weighted by atomic mass is 9.81. The van der Waals surface area contributed by atoms with Gasteiger partial charge in [0.1, 0.15) is 11.3 Å². The van der Waals surface area contributed by atoms with Crippen molar-refractivity contribution in [3.05, 3.63) is 64.3 Å². The van der Waals surface area contributed by atoms with Gasteiger partial charge in [0.2, 0.25) is 5.91 Å². The average molecular weight is 568 g/mol. The highest BCUT2D eigenvalue weighted by Gasteiger charge is 2.46. The Bertz CT molecular complexity index is 1410. The number of halogens is 1. The summed E-state index contributed by atoms with van der Waals surface area (Å²) < 4.78 is 6.94. The molecule has 0 aliphatic rings. The van der Waals surface area contributed by atoms with Gasteiger partial charge in [0.25, 0.3) is 11.8 Å². The molecule has 3 rings (SSSR count). The van der Waals surface area contributed by atoms with Gasteiger partial charge in [-0.05, 0) is 62.2 Å². The Hall–Kier alpha value is -3.65. The zero-order valence-corrected chi connectivity index (χ0v) is 24.9. The minimum atomic E-state index is -1.45. The molecule has 0 aliphatic carbocycles. The first kappa shape index (κ1) is 30.9. The summed E-state index contributed by atoms with van der Waals surface area (Å²) in [7, 11) is 1.73. The number of hydrogen-bond donors (Lipinski definition) is 1. The number of esters is 1. The van der Waals surface area contributed by atoms with Crippen molar-refractivity contribution in [3.8, 4) is 5.75 Å². The lowest BCUT2D eigenvalue weighted by Gasteiger charge is -2.37. The largest absolute Gasteiger partial charge is 0.427 e. The van der Waals surface area contributed by atoms with E-state index < -0.39 is 11.5 Å². The average Bonchev–Trinajstić information content (AvgIpc) is 3.20. The number of hydrogen-bond acceptors (Lipinski definition) is 5. The Balaban J connectivity index is 2.42. The molecule has 0 saturated carbocycles. The third kappa shape index (κ3) is 6.39. The number of rotatable bonds is 11. The van der Waals surface area contributed by atoms with E-state index >= 15 is 0 Å². The van der Waals surface area contributed by atoms with Crippen LogP contribution < -0.4 is 10.1 Å². The van der Waals surface area contributed by atoms with E-state index in [1.807, 2.05) is 13.8 Å². The van der Waals surface area contributed by atoms with Crippen LogP contribution in [-0.4, -0.2) is 46.8 Å². The molecular weight excluding hydrogens is 530 g/mol. The summed E-state index contributed by atoms with van der Waals surface area (Å²) in [6.07, 6.45) is 3.46. The standard InChI is InChI=1S/C31H38ClN3O5/c1-7-9-17-31(33-21(4)36,30(39)34(6)18-10-8-2)28-20(3)35(29(38)23-11-13-24(32)14-12-23)27-16-15-25(19-26(27)28)40-22(5)37/h11-16,19H,7-10,17-18H2,1-6H3,(H,33,36). The van der Waals surface area contributed by atoms with E-state index in [1.165, 1.54) is 13.8 Å². The Morgan fingerprint density at radius 1 is 1.00 bits per heavy atom. The predicted octanol–water partition coefficient (Wildman–Crippen LogP) is 6.00. The molecule has 2 aromatic carbocycles. The molecule has 2 amide bonds. The predicted molar refractivity (Wildman–Crippen MR) is 157 cm³/mol. The molecule has 1 aromatic heterocycles. The second kappa shape index (κ2) is 13.1. The number of fused-ring (bicyclic) bond motifs is 1. The van der Waals surface area contributed by atoms with Gasteiger partial charge in [-0.1, -0.05) is 44.7 Å². The molecule has 8 nitrogen and oxygen atoms in total. The molecule has 0 aliphatic heterocycles. The molecule has 214 valence electrons. The first-order valence-electron chi connectivity index (χ1n) is 13.6. The van der Waals surface area contributed by atoms with Gasteiger partial charge in [0, 0.05) is 54.7 Å². The van der Waals surface area contributed by atoms with Crippen LogP contribution in [0.4, 0.5) is 0 Å². The maximum Gasteiger partial charge on any atom is 0.308 e. The SMILES string of the molecule is CCCCN(C)C(=O)C(CCCC)(NC(C)=O)c1c(C)n(C(=O)c2ccc(Cl)cc2)c2ccc(OC(C)=O)cc12. The van der Waals surface area contributed by atoms with Gasteiger partial charge >= 0.3 is 5.97 Å². The number of unbranched alkanes of at least 4 members (excludes halogenated alkanes) is 2. The Kier molecular flexibility index (Phi) is 10.1. The number of aromatic nitrogens is 1. The summed E-state index contributed by atoms with van der Waals surface area (Å²) in [5, 5.41) is 4.06. The van der Waals surface area contributed by atoms with E-state index in [1.54, 1.807) is 65.9 Å². The van der Waals surface area contributed by atoms with Crippen LogP contribution in [0.5, 0.6) is 5.75 Å². The van der Waals surface area contributed by atoms with Crippen LogP contribution in [0.25, 0.3) is 10.9 Å². The number of carbonyl (C=O) groups is 4. The lowest BCUT2D eigenvalue weighted by molar-refractivity contribution is -0.141. The maximum atomic E-state index is 14.4. The second-order valence-corrected chi connectivity index (χ2v) is 10.6. The number of likely N-dealkylation sites (N-methyl/N-ethyl adjacent to an activating group) is 1. The van der Waals surface area contributed by atoms with Crippen LogP contribution in [0, 0.1) is 6.92 Å². The quantitative estimate of drug-likeness (QED) is 0.226. The third-order valence-electron chi connectivity index (χ3n) is 7.01. The summed E-state index contributed by atoms with van der Waals surface area (Å²) in [6, 6.07) is 11.5. The molecule has 1 N–H and O–H groups in total. The maximum absolute atomic E-state index is 14.4. The smallest absolute Gasteiger partial charge is 0.308 e. The number of carbonyl (C=O) groups excluding carboxylic acids is 4. The molecule has 0 bridgehead atoms. The van der Waals surface area contributed by atoms with Gasteiger partial charge < -0.3 is 15.0 Å². The Morgan fingerprint density at radius 3 is 2.23 bits per heavy atom. The van der Waals surface area contributed by atoms with Crippen LogP contribution in [0.15, 0.2) is 42.5 Å². The minimum Gasteiger partial charge on any atom is -0.427 e. The van der Waals surface area contributed by atoms with Crippen molar-refractivity contribution < 1.29 is 23.9 Å². The van der Waals surface area contributed by atoms with Crippen LogP contribution in [0.2, 0.25) is 5.02 Å². The molecule has 0 saturated heterocycles. The minimum absolute atomic E-state index is 0.261. The van der Waals surface area contributed by atoms with Crippen molar-refractivity contribution in [3.63, 3.8) is 0 Å². The van der Waals surface area contributed by atoms with Gasteiger partial charge in [-0.2, -0.15) is 0 Å². The summed E-state index contributed by atoms with van der Waals surface area (Å²) in [4.78, 5) is 54.5. The normalized spacial score (nSPS) is 12.6. The molecule has 40 heavy (non-hydrogen) atoms. The van der Waals surface area contributed by atoms with E-state index in [9.17, 15) is 19.2 Å². The van der Waals surface area contributed by atoms with Crippen LogP contribution in [-0.2, 0) is 19.9 Å². The molecule has 1 atom stereocenters. The van der Waals surface area contributed by atoms with E-state index in [-0.39, 0.29) is 23.5 Å². The van der Waals surface area contributed by atoms with Crippen molar-refractivity contribution in [2.45, 2.75) is 72.3 Å². The monoisotopic (exact) mass is 567 g/mol. The van der Waals surface area contributed by atoms with Gasteiger partial charge in [-0.3, -0.25) is 23.7 Å². The number of nitrogens with one attached hydrogen (secondary N) is 1. The zero-order valence-electron chi connectivity index (χ0n) is 24.1. The summed E-state index contributed by atoms with van der Waals surface area (Å²) >= 11 is 6.07. The zero-order chi connectivity index (χ0) is 29.6. The first-order valence-corrected chi connectivity index (χ1v) is 14.0. The van der Waals surface area contributed by atoms with Crippen molar-refractivity contribution in [1.82, 2.24) is 14.8 Å². The summed E-state index contributed by atoms with van der Waals surface area (Å²) in [5.41, 5.74) is 0.504. The van der Waals surface area contributed by atoms with Crippen molar-refractivity contribution in [1.29, 1.82) is 0 Å². The van der Waals surface area contributed by atoms with E-state index in [0.29, 0.717) is 52.1 Å². The molecule has 1 heterocycles. The van der Waals surface area contributed by atoms with Crippen molar-refractivity contribution >= 4 is 46.2 Å². The fourth-order valence-electron chi connectivity index (χ4n) is 5.23. The van der Waals surface area contributed by atoms with Crippen LogP contribution in [0.1, 0.15) is 81.4 Å². The first-order chi connectivity index (χ1) is 19.0. The molecule has 0 spiro atoms. The van der Waals surface area contributed by atoms with Crippen molar-refractivity contribution in [2.24, 2.45) is 0 Å². The van der Waals surface area contributed by atoms with E-state index in [4.69, 9.17) is 16.3 Å². The second-order valence-electron chi connectivity index (χ2n) is 10.2. The number of amides is 2. The molecule has 9 heteroatoms. The van der Waals surface area contributed by atoms with Crippen LogP contribution >= 0.6 is 11.6 Å². The number of benzene rings is 2. The fraction of sp³-hybridized carbons (Fsp3) is 0.419. The topological polar surface area (TPSA) is 97.7 Å². The molecule has 1 unspecified atom stereocenters. The fourth-order valence-corrected chi connectivity index (χ4v) is 5.36. The molecule has 3 aromatic rings. The van der Waals surface area contributed by atoms with Crippen LogP contribution in [0.3, 0.4) is 0 Å². The highest BCUT2D eigenvalue weighted by molar-refractivity contribution is 6.30. The van der Waals surface area contributed by atoms with Gasteiger partial charge in [0.05, 0.1) is 5.52 Å². The van der Waals surface area contributed by atoms with E-state index in [0.717, 1.165) is 19.3 Å². The molecular formula is C31H38ClN3O5. The highest BCUT2D eigenvalue weighted by Crippen LogP contribution is 2.41. The van der Waals surface area contributed by atoms with Gasteiger partial charge in [-0.25, -0.2) is 0 Å². The number of ether oxygens (including phenoxy) is 1. The lowest BCUT2D eigenvalue weighted by Crippen LogP contribution is -2.56. The Labute approximate surface area is 240 Å². The third-order valence-corrected chi connectivity index (χ3v) is 7.26. The highest BCUT2D eigenvalue weighted by atomic mass is 35.5. The number of nitrogens with zero attached hydrogens (tertiary/aromatic N) is 2. The van der Waals surface area contributed by atoms with Crippen molar-refractivity contribution in [2.75, 3.05) is 13.6 Å². The molecule has 0 radical (unpaired) electrons.